The number of carbonyl (C=O) groups excluding carboxylic acids is 1. The van der Waals surface area contributed by atoms with Gasteiger partial charge in [0.15, 0.2) is 0 Å². The molecule has 3 aliphatic rings. The third kappa shape index (κ3) is 3.57. The minimum absolute atomic E-state index is 0.110. The maximum atomic E-state index is 13.1. The summed E-state index contributed by atoms with van der Waals surface area (Å²) in [4.78, 5) is 32.2. The maximum Gasteiger partial charge on any atom is 0.222 e. The molecule has 0 unspecified atom stereocenters. The first-order chi connectivity index (χ1) is 14.5. The molecular formula is C23H34N6O. The van der Waals surface area contributed by atoms with Crippen molar-refractivity contribution in [3.63, 3.8) is 0 Å². The van der Waals surface area contributed by atoms with E-state index in [4.69, 9.17) is 0 Å². The molecule has 0 spiro atoms. The lowest BCUT2D eigenvalue weighted by Gasteiger charge is -2.32. The van der Waals surface area contributed by atoms with Gasteiger partial charge < -0.3 is 19.7 Å². The molecule has 2 aromatic rings. The van der Waals surface area contributed by atoms with Crippen molar-refractivity contribution in [2.75, 3.05) is 51.7 Å². The van der Waals surface area contributed by atoms with Crippen molar-refractivity contribution in [1.29, 1.82) is 0 Å². The fraction of sp³-hybridized carbons (Fsp3) is 0.696. The second-order valence-corrected chi connectivity index (χ2v) is 10.1. The van der Waals surface area contributed by atoms with Crippen LogP contribution in [-0.2, 0) is 4.79 Å². The Morgan fingerprint density at radius 3 is 2.83 bits per heavy atom. The van der Waals surface area contributed by atoms with Gasteiger partial charge in [-0.2, -0.15) is 0 Å². The van der Waals surface area contributed by atoms with Gasteiger partial charge >= 0.3 is 0 Å². The van der Waals surface area contributed by atoms with E-state index < -0.39 is 0 Å². The highest BCUT2D eigenvalue weighted by atomic mass is 16.2. The molecule has 0 aromatic carbocycles. The van der Waals surface area contributed by atoms with Crippen molar-refractivity contribution in [2.24, 2.45) is 17.3 Å². The minimum Gasteiger partial charge on any atom is -0.355 e. The van der Waals surface area contributed by atoms with Gasteiger partial charge in [-0.3, -0.25) is 4.79 Å². The second-order valence-electron chi connectivity index (χ2n) is 10.1. The molecule has 7 heteroatoms. The van der Waals surface area contributed by atoms with Crippen molar-refractivity contribution in [3.8, 4) is 0 Å². The lowest BCUT2D eigenvalue weighted by molar-refractivity contribution is -0.131. The summed E-state index contributed by atoms with van der Waals surface area (Å²) < 4.78 is 0. The Morgan fingerprint density at radius 2 is 2.03 bits per heavy atom. The SMILES string of the molecule is CN(C)C[C@@]12CN(C(=O)CC3CCCCC3)C[C@@H]1CN(c1ncnc3[nH]ccc13)C2. The van der Waals surface area contributed by atoms with Crippen LogP contribution in [0, 0.1) is 17.3 Å². The number of aromatic amines is 1. The van der Waals surface area contributed by atoms with Crippen LogP contribution in [-0.4, -0.2) is 77.5 Å². The largest absolute Gasteiger partial charge is 0.355 e. The molecule has 2 aliphatic heterocycles. The van der Waals surface area contributed by atoms with Crippen LogP contribution < -0.4 is 4.90 Å². The molecular weight excluding hydrogens is 376 g/mol. The second kappa shape index (κ2) is 7.84. The summed E-state index contributed by atoms with van der Waals surface area (Å²) in [7, 11) is 4.30. The number of fused-ring (bicyclic) bond motifs is 2. The quantitative estimate of drug-likeness (QED) is 0.821. The summed E-state index contributed by atoms with van der Waals surface area (Å²) in [6, 6.07) is 2.07. The van der Waals surface area contributed by atoms with Gasteiger partial charge in [0.05, 0.1) is 5.39 Å². The topological polar surface area (TPSA) is 68.4 Å². The molecule has 1 saturated carbocycles. The van der Waals surface area contributed by atoms with E-state index in [0.29, 0.717) is 17.7 Å². The average Bonchev–Trinajstić information content (AvgIpc) is 3.40. The van der Waals surface area contributed by atoms with Gasteiger partial charge in [-0.15, -0.1) is 0 Å². The molecule has 2 aromatic heterocycles. The van der Waals surface area contributed by atoms with E-state index in [1.165, 1.54) is 32.1 Å². The number of anilines is 1. The first-order valence-electron chi connectivity index (χ1n) is 11.5. The molecule has 162 valence electrons. The van der Waals surface area contributed by atoms with Crippen LogP contribution in [0.3, 0.4) is 0 Å². The van der Waals surface area contributed by atoms with Gasteiger partial charge in [0.2, 0.25) is 5.91 Å². The summed E-state index contributed by atoms with van der Waals surface area (Å²) in [5, 5.41) is 1.09. The normalized spacial score (nSPS) is 27.4. The smallest absolute Gasteiger partial charge is 0.222 e. The van der Waals surface area contributed by atoms with Crippen molar-refractivity contribution >= 4 is 22.8 Å². The highest BCUT2D eigenvalue weighted by molar-refractivity contribution is 5.87. The van der Waals surface area contributed by atoms with Crippen LogP contribution in [0.4, 0.5) is 5.82 Å². The van der Waals surface area contributed by atoms with Gasteiger partial charge in [0.1, 0.15) is 17.8 Å². The van der Waals surface area contributed by atoms with E-state index >= 15 is 0 Å². The average molecular weight is 411 g/mol. The fourth-order valence-electron chi connectivity index (χ4n) is 6.26. The summed E-state index contributed by atoms with van der Waals surface area (Å²) >= 11 is 0. The number of nitrogens with zero attached hydrogens (tertiary/aromatic N) is 5. The van der Waals surface area contributed by atoms with E-state index in [2.05, 4.69) is 49.8 Å². The van der Waals surface area contributed by atoms with Crippen LogP contribution >= 0.6 is 0 Å². The molecule has 1 amide bonds. The molecule has 2 atom stereocenters. The zero-order chi connectivity index (χ0) is 20.7. The van der Waals surface area contributed by atoms with Crippen LogP contribution in [0.1, 0.15) is 38.5 Å². The lowest BCUT2D eigenvalue weighted by atomic mass is 9.80. The highest BCUT2D eigenvalue weighted by Crippen LogP contribution is 2.45. The monoisotopic (exact) mass is 410 g/mol. The molecule has 2 saturated heterocycles. The lowest BCUT2D eigenvalue weighted by Crippen LogP contribution is -2.43. The Balaban J connectivity index is 1.33. The Labute approximate surface area is 178 Å². The summed E-state index contributed by atoms with van der Waals surface area (Å²) in [6.45, 7) is 4.66. The Bertz CT molecular complexity index is 904. The predicted molar refractivity (Wildman–Crippen MR) is 118 cm³/mol. The third-order valence-electron chi connectivity index (χ3n) is 7.56. The Kier molecular flexibility index (Phi) is 5.17. The number of aromatic nitrogens is 3. The fourth-order valence-corrected chi connectivity index (χ4v) is 6.26. The molecule has 1 N–H and O–H groups in total. The standard InChI is InChI=1S/C23H34N6O/c1-27(2)13-23-14-28(20(30)10-17-6-4-3-5-7-17)11-18(23)12-29(15-23)22-19-8-9-24-21(19)25-16-26-22/h8-9,16-18H,3-7,10-15H2,1-2H3,(H,24,25,26)/t18-,23+/m1/s1. The number of nitrogens with one attached hydrogen (secondary N) is 1. The van der Waals surface area contributed by atoms with E-state index in [-0.39, 0.29) is 5.41 Å². The van der Waals surface area contributed by atoms with E-state index in [0.717, 1.165) is 56.0 Å². The number of rotatable bonds is 5. The van der Waals surface area contributed by atoms with Crippen molar-refractivity contribution in [1.82, 2.24) is 24.8 Å². The number of hydrogen-bond acceptors (Lipinski definition) is 5. The number of likely N-dealkylation sites (tertiary alicyclic amines) is 1. The minimum atomic E-state index is 0.110. The maximum absolute atomic E-state index is 13.1. The molecule has 7 nitrogen and oxygen atoms in total. The number of carbonyl (C=O) groups is 1. The van der Waals surface area contributed by atoms with Gasteiger partial charge in [0, 0.05) is 56.7 Å². The Morgan fingerprint density at radius 1 is 1.20 bits per heavy atom. The summed E-state index contributed by atoms with van der Waals surface area (Å²) in [6.07, 6.45) is 10.8. The third-order valence-corrected chi connectivity index (χ3v) is 7.56. The zero-order valence-corrected chi connectivity index (χ0v) is 18.3. The Hall–Kier alpha value is -2.15. The molecule has 4 heterocycles. The van der Waals surface area contributed by atoms with E-state index in [1.54, 1.807) is 6.33 Å². The van der Waals surface area contributed by atoms with E-state index in [9.17, 15) is 4.79 Å². The molecule has 1 aliphatic carbocycles. The van der Waals surface area contributed by atoms with Crippen LogP contribution in [0.25, 0.3) is 11.0 Å². The molecule has 0 radical (unpaired) electrons. The van der Waals surface area contributed by atoms with Gasteiger partial charge in [-0.05, 0) is 38.9 Å². The van der Waals surface area contributed by atoms with Crippen molar-refractivity contribution < 1.29 is 4.79 Å². The molecule has 30 heavy (non-hydrogen) atoms. The first kappa shape index (κ1) is 19.8. The van der Waals surface area contributed by atoms with Crippen LogP contribution in [0.2, 0.25) is 0 Å². The van der Waals surface area contributed by atoms with Gasteiger partial charge in [0.25, 0.3) is 0 Å². The number of amides is 1. The predicted octanol–water partition coefficient (Wildman–Crippen LogP) is 2.75. The number of H-pyrrole nitrogens is 1. The molecule has 5 rings (SSSR count). The van der Waals surface area contributed by atoms with Crippen molar-refractivity contribution in [3.05, 3.63) is 18.6 Å². The molecule has 3 fully saturated rings. The van der Waals surface area contributed by atoms with Crippen LogP contribution in [0.15, 0.2) is 18.6 Å². The van der Waals surface area contributed by atoms with Gasteiger partial charge in [-0.1, -0.05) is 19.3 Å². The summed E-state index contributed by atoms with van der Waals surface area (Å²) in [5.74, 6) is 2.50. The number of hydrogen-bond donors (Lipinski definition) is 1. The highest BCUT2D eigenvalue weighted by Gasteiger charge is 2.54. The van der Waals surface area contributed by atoms with Crippen molar-refractivity contribution in [2.45, 2.75) is 38.5 Å². The first-order valence-corrected chi connectivity index (χ1v) is 11.5. The van der Waals surface area contributed by atoms with E-state index in [1.807, 2.05) is 6.20 Å². The van der Waals surface area contributed by atoms with Crippen LogP contribution in [0.5, 0.6) is 0 Å². The van der Waals surface area contributed by atoms with Gasteiger partial charge in [-0.25, -0.2) is 9.97 Å². The zero-order valence-electron chi connectivity index (χ0n) is 18.3. The molecule has 0 bridgehead atoms. The summed E-state index contributed by atoms with van der Waals surface area (Å²) in [5.41, 5.74) is 1.00.